The molecule has 1 atom stereocenters. The van der Waals surface area contributed by atoms with E-state index in [0.717, 1.165) is 19.1 Å². The highest BCUT2D eigenvalue weighted by atomic mass is 79.9. The molecule has 1 saturated carbocycles. The van der Waals surface area contributed by atoms with Gasteiger partial charge in [0.05, 0.1) is 5.69 Å². The minimum Gasteiger partial charge on any atom is -0.367 e. The Morgan fingerprint density at radius 3 is 2.50 bits per heavy atom. The highest BCUT2D eigenvalue weighted by Gasteiger charge is 2.30. The Morgan fingerprint density at radius 1 is 1.30 bits per heavy atom. The van der Waals surface area contributed by atoms with Crippen molar-refractivity contribution in [2.24, 2.45) is 5.92 Å². The number of benzene rings is 1. The monoisotopic (exact) mass is 338 g/mol. The quantitative estimate of drug-likeness (QED) is 0.772. The zero-order valence-corrected chi connectivity index (χ0v) is 14.7. The molecule has 1 aliphatic carbocycles. The van der Waals surface area contributed by atoms with E-state index in [2.05, 4.69) is 72.0 Å². The summed E-state index contributed by atoms with van der Waals surface area (Å²) in [5.74, 6) is 0.697. The van der Waals surface area contributed by atoms with Gasteiger partial charge in [-0.15, -0.1) is 0 Å². The van der Waals surface area contributed by atoms with Crippen LogP contribution in [0.3, 0.4) is 0 Å². The molecule has 0 aliphatic heterocycles. The molecule has 2 rings (SSSR count). The minimum atomic E-state index is 0.407. The van der Waals surface area contributed by atoms with Gasteiger partial charge in [0.25, 0.3) is 0 Å². The van der Waals surface area contributed by atoms with E-state index in [9.17, 15) is 0 Å². The van der Waals surface area contributed by atoms with Gasteiger partial charge in [-0.1, -0.05) is 26.8 Å². The molecule has 0 amide bonds. The van der Waals surface area contributed by atoms with Crippen LogP contribution >= 0.6 is 15.9 Å². The Labute approximate surface area is 132 Å². The summed E-state index contributed by atoms with van der Waals surface area (Å²) in [5.41, 5.74) is 2.71. The molecule has 0 bridgehead atoms. The highest BCUT2D eigenvalue weighted by molar-refractivity contribution is 9.10. The first-order chi connectivity index (χ1) is 9.52. The summed E-state index contributed by atoms with van der Waals surface area (Å²) in [6.07, 6.45) is 2.68. The molecule has 112 valence electrons. The van der Waals surface area contributed by atoms with Gasteiger partial charge < -0.3 is 10.2 Å². The van der Waals surface area contributed by atoms with Crippen molar-refractivity contribution in [2.75, 3.05) is 18.0 Å². The summed E-state index contributed by atoms with van der Waals surface area (Å²) < 4.78 is 1.23. The van der Waals surface area contributed by atoms with Crippen molar-refractivity contribution in [3.05, 3.63) is 28.2 Å². The lowest BCUT2D eigenvalue weighted by Crippen LogP contribution is -2.30. The van der Waals surface area contributed by atoms with E-state index in [4.69, 9.17) is 0 Å². The fraction of sp³-hybridized carbons (Fsp3) is 0.647. The molecule has 1 aliphatic rings. The van der Waals surface area contributed by atoms with Crippen LogP contribution in [-0.2, 0) is 0 Å². The van der Waals surface area contributed by atoms with E-state index in [0.29, 0.717) is 12.0 Å². The molecule has 0 saturated heterocycles. The molecule has 0 radical (unpaired) electrons. The molecule has 0 spiro atoms. The first-order valence-corrected chi connectivity index (χ1v) is 8.61. The standard InChI is InChI=1S/C17H27BrN2/c1-5-19-13(4)14-6-9-17(16(18)10-14)20(11-12(2)3)15-7-8-15/h6,9-10,12-13,15,19H,5,7-8,11H2,1-4H3. The van der Waals surface area contributed by atoms with Crippen molar-refractivity contribution in [3.8, 4) is 0 Å². The van der Waals surface area contributed by atoms with E-state index in [1.54, 1.807) is 0 Å². The van der Waals surface area contributed by atoms with Gasteiger partial charge in [-0.3, -0.25) is 0 Å². The van der Waals surface area contributed by atoms with Crippen LogP contribution in [0.1, 0.15) is 52.1 Å². The Kier molecular flexibility index (Phi) is 5.50. The summed E-state index contributed by atoms with van der Waals surface area (Å²) in [7, 11) is 0. The Balaban J connectivity index is 2.18. The lowest BCUT2D eigenvalue weighted by molar-refractivity contribution is 0.595. The molecule has 1 fully saturated rings. The maximum absolute atomic E-state index is 3.78. The first kappa shape index (κ1) is 15.8. The summed E-state index contributed by atoms with van der Waals surface area (Å²) in [5, 5.41) is 3.47. The summed E-state index contributed by atoms with van der Waals surface area (Å²) >= 11 is 3.78. The second-order valence-electron chi connectivity index (χ2n) is 6.27. The van der Waals surface area contributed by atoms with E-state index >= 15 is 0 Å². The van der Waals surface area contributed by atoms with Gasteiger partial charge in [-0.05, 0) is 65.9 Å². The third-order valence-electron chi connectivity index (χ3n) is 3.84. The molecule has 0 aromatic heterocycles. The fourth-order valence-electron chi connectivity index (χ4n) is 2.67. The molecule has 1 aromatic rings. The minimum absolute atomic E-state index is 0.407. The molecule has 1 N–H and O–H groups in total. The van der Waals surface area contributed by atoms with Crippen molar-refractivity contribution in [1.29, 1.82) is 0 Å². The van der Waals surface area contributed by atoms with E-state index < -0.39 is 0 Å². The van der Waals surface area contributed by atoms with Crippen LogP contribution in [0.5, 0.6) is 0 Å². The predicted molar refractivity (Wildman–Crippen MR) is 91.4 cm³/mol. The van der Waals surface area contributed by atoms with Crippen LogP contribution in [0, 0.1) is 5.92 Å². The van der Waals surface area contributed by atoms with Crippen LogP contribution in [-0.4, -0.2) is 19.1 Å². The second kappa shape index (κ2) is 6.95. The number of rotatable bonds is 7. The van der Waals surface area contributed by atoms with E-state index in [1.165, 1.54) is 28.6 Å². The molecular weight excluding hydrogens is 312 g/mol. The Bertz CT molecular complexity index is 441. The number of hydrogen-bond donors (Lipinski definition) is 1. The fourth-order valence-corrected chi connectivity index (χ4v) is 3.30. The number of anilines is 1. The molecular formula is C17H27BrN2. The van der Waals surface area contributed by atoms with E-state index in [1.807, 2.05) is 0 Å². The maximum Gasteiger partial charge on any atom is 0.0513 e. The van der Waals surface area contributed by atoms with Crippen LogP contribution in [0.15, 0.2) is 22.7 Å². The van der Waals surface area contributed by atoms with Crippen LogP contribution in [0.2, 0.25) is 0 Å². The molecule has 2 nitrogen and oxygen atoms in total. The zero-order valence-electron chi connectivity index (χ0n) is 13.1. The van der Waals surface area contributed by atoms with Crippen molar-refractivity contribution < 1.29 is 0 Å². The van der Waals surface area contributed by atoms with Gasteiger partial charge in [0.15, 0.2) is 0 Å². The number of nitrogens with zero attached hydrogens (tertiary/aromatic N) is 1. The van der Waals surface area contributed by atoms with Crippen molar-refractivity contribution in [1.82, 2.24) is 5.32 Å². The van der Waals surface area contributed by atoms with Gasteiger partial charge in [-0.2, -0.15) is 0 Å². The van der Waals surface area contributed by atoms with Crippen LogP contribution in [0.25, 0.3) is 0 Å². The lowest BCUT2D eigenvalue weighted by Gasteiger charge is -2.28. The summed E-state index contributed by atoms with van der Waals surface area (Å²) in [4.78, 5) is 2.58. The van der Waals surface area contributed by atoms with Gasteiger partial charge in [0, 0.05) is 23.1 Å². The Morgan fingerprint density at radius 2 is 2.00 bits per heavy atom. The molecule has 0 heterocycles. The smallest absolute Gasteiger partial charge is 0.0513 e. The average molecular weight is 339 g/mol. The number of hydrogen-bond acceptors (Lipinski definition) is 2. The van der Waals surface area contributed by atoms with Crippen LogP contribution in [0.4, 0.5) is 5.69 Å². The number of nitrogens with one attached hydrogen (secondary N) is 1. The topological polar surface area (TPSA) is 15.3 Å². The zero-order chi connectivity index (χ0) is 14.7. The summed E-state index contributed by atoms with van der Waals surface area (Å²) in [6, 6.07) is 7.99. The third kappa shape index (κ3) is 3.98. The van der Waals surface area contributed by atoms with Crippen LogP contribution < -0.4 is 10.2 Å². The van der Waals surface area contributed by atoms with Gasteiger partial charge in [0.2, 0.25) is 0 Å². The highest BCUT2D eigenvalue weighted by Crippen LogP contribution is 2.37. The van der Waals surface area contributed by atoms with Gasteiger partial charge >= 0.3 is 0 Å². The lowest BCUT2D eigenvalue weighted by atomic mass is 10.1. The largest absolute Gasteiger partial charge is 0.367 e. The van der Waals surface area contributed by atoms with Gasteiger partial charge in [0.1, 0.15) is 0 Å². The predicted octanol–water partition coefficient (Wildman–Crippen LogP) is 4.74. The molecule has 1 unspecified atom stereocenters. The normalized spacial score (nSPS) is 16.5. The molecule has 1 aromatic carbocycles. The summed E-state index contributed by atoms with van der Waals surface area (Å²) in [6.45, 7) is 11.1. The average Bonchev–Trinajstić information content (AvgIpc) is 3.20. The van der Waals surface area contributed by atoms with Crippen molar-refractivity contribution >= 4 is 21.6 Å². The third-order valence-corrected chi connectivity index (χ3v) is 4.48. The second-order valence-corrected chi connectivity index (χ2v) is 7.12. The van der Waals surface area contributed by atoms with Crippen molar-refractivity contribution in [2.45, 2.75) is 52.6 Å². The Hall–Kier alpha value is -0.540. The van der Waals surface area contributed by atoms with E-state index in [-0.39, 0.29) is 0 Å². The SMILES string of the molecule is CCNC(C)c1ccc(N(CC(C)C)C2CC2)c(Br)c1. The first-order valence-electron chi connectivity index (χ1n) is 7.82. The molecule has 3 heteroatoms. The number of halogens is 1. The van der Waals surface area contributed by atoms with Gasteiger partial charge in [-0.25, -0.2) is 0 Å². The molecule has 20 heavy (non-hydrogen) atoms. The maximum atomic E-state index is 3.78. The van der Waals surface area contributed by atoms with Crippen molar-refractivity contribution in [3.63, 3.8) is 0 Å².